The van der Waals surface area contributed by atoms with Crippen molar-refractivity contribution in [2.24, 2.45) is 0 Å². The van der Waals surface area contributed by atoms with Crippen LogP contribution < -0.4 is 14.8 Å². The highest BCUT2D eigenvalue weighted by atomic mass is 32.1. The van der Waals surface area contributed by atoms with E-state index >= 15 is 0 Å². The molecule has 8 nitrogen and oxygen atoms in total. The minimum atomic E-state index is -0.256. The van der Waals surface area contributed by atoms with Crippen LogP contribution in [-0.2, 0) is 0 Å². The number of carbonyl (C=O) groups excluding carboxylic acids is 1. The van der Waals surface area contributed by atoms with E-state index in [4.69, 9.17) is 14.0 Å². The third-order valence-electron chi connectivity index (χ3n) is 5.28. The van der Waals surface area contributed by atoms with Gasteiger partial charge in [0.25, 0.3) is 11.6 Å². The molecule has 158 valence electrons. The van der Waals surface area contributed by atoms with Crippen molar-refractivity contribution in [3.05, 3.63) is 46.6 Å². The molecule has 0 aliphatic heterocycles. The van der Waals surface area contributed by atoms with Gasteiger partial charge in [-0.3, -0.25) is 10.1 Å². The summed E-state index contributed by atoms with van der Waals surface area (Å²) < 4.78 is 16.0. The minimum Gasteiger partial charge on any atom is -0.493 e. The van der Waals surface area contributed by atoms with Gasteiger partial charge in [0.1, 0.15) is 0 Å². The van der Waals surface area contributed by atoms with Crippen LogP contribution in [0.3, 0.4) is 0 Å². The molecule has 1 aliphatic rings. The summed E-state index contributed by atoms with van der Waals surface area (Å²) >= 11 is 1.36. The van der Waals surface area contributed by atoms with Crippen molar-refractivity contribution in [2.75, 3.05) is 19.5 Å². The summed E-state index contributed by atoms with van der Waals surface area (Å²) in [6, 6.07) is 7.43. The van der Waals surface area contributed by atoms with E-state index in [0.29, 0.717) is 44.9 Å². The highest BCUT2D eigenvalue weighted by molar-refractivity contribution is 7.14. The van der Waals surface area contributed by atoms with Crippen LogP contribution in [0.1, 0.15) is 40.5 Å². The summed E-state index contributed by atoms with van der Waals surface area (Å²) in [5, 5.41) is 9.93. The molecule has 1 aromatic carbocycles. The van der Waals surface area contributed by atoms with E-state index in [-0.39, 0.29) is 5.91 Å². The number of amides is 1. The maximum atomic E-state index is 13.1. The third kappa shape index (κ3) is 3.61. The normalized spacial score (nSPS) is 13.4. The lowest BCUT2D eigenvalue weighted by molar-refractivity contribution is 0.102. The Morgan fingerprint density at radius 3 is 2.71 bits per heavy atom. The van der Waals surface area contributed by atoms with E-state index < -0.39 is 0 Å². The predicted molar refractivity (Wildman–Crippen MR) is 117 cm³/mol. The number of thiazole rings is 1. The van der Waals surface area contributed by atoms with Crippen molar-refractivity contribution < 1.29 is 18.8 Å². The van der Waals surface area contributed by atoms with Crippen LogP contribution in [0.2, 0.25) is 0 Å². The molecule has 0 radical (unpaired) electrons. The van der Waals surface area contributed by atoms with Gasteiger partial charge < -0.3 is 14.0 Å². The monoisotopic (exact) mass is 436 g/mol. The maximum Gasteiger partial charge on any atom is 0.259 e. The van der Waals surface area contributed by atoms with E-state index in [2.05, 4.69) is 20.4 Å². The van der Waals surface area contributed by atoms with Crippen LogP contribution in [0, 0.1) is 6.92 Å². The van der Waals surface area contributed by atoms with Gasteiger partial charge >= 0.3 is 0 Å². The standard InChI is InChI=1S/C22H20N4O4S/c1-11-19-14(9-15(12-4-5-12)23-21(19)30-26-11)20(27)25-22-24-16(10-31-22)13-6-7-17(28-2)18(8-13)29-3/h6-10,12H,4-5H2,1-3H3,(H,24,25,27). The van der Waals surface area contributed by atoms with Crippen LogP contribution in [-0.4, -0.2) is 35.3 Å². The molecule has 31 heavy (non-hydrogen) atoms. The lowest BCUT2D eigenvalue weighted by atomic mass is 10.1. The number of aryl methyl sites for hydroxylation is 1. The Kier molecular flexibility index (Phi) is 4.82. The number of benzene rings is 1. The van der Waals surface area contributed by atoms with Crippen molar-refractivity contribution in [1.82, 2.24) is 15.1 Å². The maximum absolute atomic E-state index is 13.1. The third-order valence-corrected chi connectivity index (χ3v) is 6.04. The predicted octanol–water partition coefficient (Wildman–Crippen LogP) is 4.80. The molecule has 4 aromatic rings. The second kappa shape index (κ2) is 7.66. The highest BCUT2D eigenvalue weighted by Gasteiger charge is 2.29. The molecule has 3 heterocycles. The van der Waals surface area contributed by atoms with Crippen LogP contribution in [0.25, 0.3) is 22.4 Å². The Balaban J connectivity index is 1.44. The first-order chi connectivity index (χ1) is 15.1. The van der Waals surface area contributed by atoms with Gasteiger partial charge in [-0.05, 0) is 44.0 Å². The van der Waals surface area contributed by atoms with E-state index in [1.165, 1.54) is 11.3 Å². The Bertz CT molecular complexity index is 1290. The van der Waals surface area contributed by atoms with Crippen molar-refractivity contribution in [2.45, 2.75) is 25.7 Å². The first kappa shape index (κ1) is 19.5. The smallest absolute Gasteiger partial charge is 0.259 e. The Hall–Kier alpha value is -3.46. The van der Waals surface area contributed by atoms with Crippen LogP contribution >= 0.6 is 11.3 Å². The number of carbonyl (C=O) groups is 1. The van der Waals surface area contributed by atoms with Gasteiger partial charge in [-0.1, -0.05) is 5.16 Å². The topological polar surface area (TPSA) is 99.4 Å². The summed E-state index contributed by atoms with van der Waals surface area (Å²) in [7, 11) is 3.18. The van der Waals surface area contributed by atoms with Gasteiger partial charge in [0.05, 0.1) is 36.6 Å². The summed E-state index contributed by atoms with van der Waals surface area (Å²) in [5.41, 5.74) is 4.03. The fourth-order valence-corrected chi connectivity index (χ4v) is 4.22. The van der Waals surface area contributed by atoms with Crippen molar-refractivity contribution in [3.63, 3.8) is 0 Å². The lowest BCUT2D eigenvalue weighted by Crippen LogP contribution is -2.13. The number of methoxy groups -OCH3 is 2. The van der Waals surface area contributed by atoms with Gasteiger partial charge in [0, 0.05) is 22.6 Å². The molecule has 0 spiro atoms. The molecule has 0 saturated heterocycles. The number of fused-ring (bicyclic) bond motifs is 1. The largest absolute Gasteiger partial charge is 0.493 e. The zero-order chi connectivity index (χ0) is 21.5. The summed E-state index contributed by atoms with van der Waals surface area (Å²) in [6.45, 7) is 1.81. The van der Waals surface area contributed by atoms with E-state index in [1.807, 2.05) is 29.6 Å². The Labute approximate surface area is 182 Å². The summed E-state index contributed by atoms with van der Waals surface area (Å²) in [5.74, 6) is 1.40. The molecular weight excluding hydrogens is 416 g/mol. The van der Waals surface area contributed by atoms with Gasteiger partial charge in [0.15, 0.2) is 16.6 Å². The molecule has 3 aromatic heterocycles. The van der Waals surface area contributed by atoms with E-state index in [9.17, 15) is 4.79 Å². The molecule has 0 bridgehead atoms. The number of ether oxygens (including phenoxy) is 2. The fraction of sp³-hybridized carbons (Fsp3) is 0.273. The number of rotatable bonds is 6. The highest BCUT2D eigenvalue weighted by Crippen LogP contribution is 2.40. The molecule has 1 N–H and O–H groups in total. The van der Waals surface area contributed by atoms with Gasteiger partial charge in [-0.2, -0.15) is 0 Å². The SMILES string of the molecule is COc1ccc(-c2csc(NC(=O)c3cc(C4CC4)nc4onc(C)c34)n2)cc1OC. The first-order valence-electron chi connectivity index (χ1n) is 9.83. The number of hydrogen-bond acceptors (Lipinski definition) is 8. The quantitative estimate of drug-likeness (QED) is 0.463. The average Bonchev–Trinajstić information content (AvgIpc) is 3.44. The zero-order valence-corrected chi connectivity index (χ0v) is 18.1. The summed E-state index contributed by atoms with van der Waals surface area (Å²) in [4.78, 5) is 22.2. The minimum absolute atomic E-state index is 0.256. The lowest BCUT2D eigenvalue weighted by Gasteiger charge is -2.08. The molecule has 0 unspecified atom stereocenters. The van der Waals surface area contributed by atoms with Crippen molar-refractivity contribution in [1.29, 1.82) is 0 Å². The Morgan fingerprint density at radius 1 is 1.16 bits per heavy atom. The van der Waals surface area contributed by atoms with E-state index in [0.717, 1.165) is 29.8 Å². The molecule has 0 atom stereocenters. The molecule has 1 amide bonds. The molecule has 5 rings (SSSR count). The zero-order valence-electron chi connectivity index (χ0n) is 17.3. The number of anilines is 1. The van der Waals surface area contributed by atoms with Gasteiger partial charge in [-0.15, -0.1) is 11.3 Å². The molecule has 1 aliphatic carbocycles. The second-order valence-corrected chi connectivity index (χ2v) is 8.24. The number of aromatic nitrogens is 3. The number of hydrogen-bond donors (Lipinski definition) is 1. The molecular formula is C22H20N4O4S. The number of pyridine rings is 1. The molecule has 9 heteroatoms. The second-order valence-electron chi connectivity index (χ2n) is 7.38. The van der Waals surface area contributed by atoms with E-state index in [1.54, 1.807) is 21.1 Å². The molecule has 1 saturated carbocycles. The number of nitrogens with zero attached hydrogens (tertiary/aromatic N) is 3. The fourth-order valence-electron chi connectivity index (χ4n) is 3.50. The van der Waals surface area contributed by atoms with Crippen LogP contribution in [0.5, 0.6) is 11.5 Å². The van der Waals surface area contributed by atoms with Crippen molar-refractivity contribution in [3.8, 4) is 22.8 Å². The Morgan fingerprint density at radius 2 is 1.97 bits per heavy atom. The van der Waals surface area contributed by atoms with Crippen molar-refractivity contribution >= 4 is 33.5 Å². The summed E-state index contributed by atoms with van der Waals surface area (Å²) in [6.07, 6.45) is 2.15. The first-order valence-corrected chi connectivity index (χ1v) is 10.7. The van der Waals surface area contributed by atoms with Gasteiger partial charge in [-0.25, -0.2) is 9.97 Å². The molecule has 1 fully saturated rings. The average molecular weight is 436 g/mol. The van der Waals surface area contributed by atoms with Crippen LogP contribution in [0.15, 0.2) is 34.2 Å². The van der Waals surface area contributed by atoms with Gasteiger partial charge in [0.2, 0.25) is 0 Å². The number of nitrogens with one attached hydrogen (secondary N) is 1. The van der Waals surface area contributed by atoms with Crippen LogP contribution in [0.4, 0.5) is 5.13 Å².